The van der Waals surface area contributed by atoms with E-state index in [1.807, 2.05) is 11.8 Å². The molecule has 1 heterocycles. The van der Waals surface area contributed by atoms with E-state index < -0.39 is 0 Å². The van der Waals surface area contributed by atoms with Crippen LogP contribution in [-0.2, 0) is 0 Å². The van der Waals surface area contributed by atoms with Gasteiger partial charge in [0.25, 0.3) is 0 Å². The first-order valence-corrected chi connectivity index (χ1v) is 14.7. The Morgan fingerprint density at radius 1 is 0.892 bits per heavy atom. The van der Waals surface area contributed by atoms with Gasteiger partial charge in [0.2, 0.25) is 0 Å². The maximum absolute atomic E-state index is 6.89. The average molecular weight is 540 g/mol. The lowest BCUT2D eigenvalue weighted by Crippen LogP contribution is -2.40. The SMILES string of the molecule is [NH3+]c1ccc2ccccc2c1SC/C=C/C1=C(Cl)C(=C/C=C2/Nc3ccc4ccccc4c3S2)/CCC1. The number of halogens is 1. The van der Waals surface area contributed by atoms with E-state index in [0.29, 0.717) is 0 Å². The van der Waals surface area contributed by atoms with Gasteiger partial charge in [0, 0.05) is 27.1 Å². The van der Waals surface area contributed by atoms with Gasteiger partial charge in [-0.25, -0.2) is 0 Å². The number of hydrogen-bond donors (Lipinski definition) is 2. The zero-order chi connectivity index (χ0) is 25.2. The van der Waals surface area contributed by atoms with Gasteiger partial charge < -0.3 is 11.1 Å². The molecule has 4 aromatic rings. The van der Waals surface area contributed by atoms with Crippen molar-refractivity contribution < 1.29 is 5.73 Å². The van der Waals surface area contributed by atoms with Crippen molar-refractivity contribution in [3.63, 3.8) is 0 Å². The number of anilines is 1. The Morgan fingerprint density at radius 2 is 1.65 bits per heavy atom. The Balaban J connectivity index is 1.16. The molecule has 4 aromatic carbocycles. The van der Waals surface area contributed by atoms with E-state index in [2.05, 4.69) is 108 Å². The van der Waals surface area contributed by atoms with Gasteiger partial charge in [0.1, 0.15) is 5.69 Å². The normalized spacial score (nSPS) is 17.9. The molecule has 0 amide bonds. The highest BCUT2D eigenvalue weighted by Crippen LogP contribution is 2.45. The summed E-state index contributed by atoms with van der Waals surface area (Å²) in [5.41, 5.74) is 8.95. The highest BCUT2D eigenvalue weighted by atomic mass is 35.5. The number of rotatable bonds is 5. The van der Waals surface area contributed by atoms with Crippen molar-refractivity contribution in [2.75, 3.05) is 11.1 Å². The number of hydrogen-bond acceptors (Lipinski definition) is 3. The quantitative estimate of drug-likeness (QED) is 0.248. The second kappa shape index (κ2) is 10.8. The lowest BCUT2D eigenvalue weighted by molar-refractivity contribution is -0.258. The van der Waals surface area contributed by atoms with Crippen molar-refractivity contribution in [3.8, 4) is 0 Å². The third-order valence-corrected chi connectivity index (χ3v) is 9.56. The molecule has 0 fully saturated rings. The topological polar surface area (TPSA) is 39.7 Å². The van der Waals surface area contributed by atoms with E-state index >= 15 is 0 Å². The first-order valence-electron chi connectivity index (χ1n) is 12.6. The highest BCUT2D eigenvalue weighted by molar-refractivity contribution is 8.04. The Bertz CT molecular complexity index is 1630. The van der Waals surface area contributed by atoms with Crippen LogP contribution in [0, 0.1) is 0 Å². The molecule has 2 nitrogen and oxygen atoms in total. The highest BCUT2D eigenvalue weighted by Gasteiger charge is 2.19. The smallest absolute Gasteiger partial charge is 0.142 e. The molecule has 0 saturated heterocycles. The zero-order valence-corrected chi connectivity index (χ0v) is 22.9. The molecule has 0 unspecified atom stereocenters. The van der Waals surface area contributed by atoms with Gasteiger partial charge >= 0.3 is 0 Å². The maximum atomic E-state index is 6.89. The molecule has 0 spiro atoms. The van der Waals surface area contributed by atoms with Crippen molar-refractivity contribution in [2.45, 2.75) is 29.1 Å². The van der Waals surface area contributed by atoms with Crippen LogP contribution in [0.3, 0.4) is 0 Å². The van der Waals surface area contributed by atoms with Crippen LogP contribution in [0.1, 0.15) is 19.3 Å². The molecular weight excluding hydrogens is 512 g/mol. The number of fused-ring (bicyclic) bond motifs is 4. The molecule has 6 rings (SSSR count). The van der Waals surface area contributed by atoms with Crippen molar-refractivity contribution in [1.82, 2.24) is 0 Å². The number of quaternary nitrogens is 1. The van der Waals surface area contributed by atoms with Crippen LogP contribution in [0.4, 0.5) is 11.4 Å². The molecular formula is C32H28ClN2S2+. The Morgan fingerprint density at radius 3 is 2.51 bits per heavy atom. The molecule has 0 radical (unpaired) electrons. The van der Waals surface area contributed by atoms with E-state index in [-0.39, 0.29) is 0 Å². The van der Waals surface area contributed by atoms with Crippen LogP contribution < -0.4 is 11.1 Å². The lowest BCUT2D eigenvalue weighted by Gasteiger charge is -2.16. The summed E-state index contributed by atoms with van der Waals surface area (Å²) in [6.07, 6.45) is 12.0. The number of allylic oxidation sites excluding steroid dienone is 6. The van der Waals surface area contributed by atoms with Gasteiger partial charge in [-0.15, -0.1) is 11.8 Å². The fraction of sp³-hybridized carbons (Fsp3) is 0.125. The van der Waals surface area contributed by atoms with E-state index in [1.165, 1.54) is 48.2 Å². The molecule has 184 valence electrons. The third-order valence-electron chi connectivity index (χ3n) is 6.85. The molecule has 4 N–H and O–H groups in total. The Hall–Kier alpha value is -2.89. The van der Waals surface area contributed by atoms with E-state index in [0.717, 1.165) is 40.8 Å². The van der Waals surface area contributed by atoms with Crippen LogP contribution in [-0.4, -0.2) is 5.75 Å². The summed E-state index contributed by atoms with van der Waals surface area (Å²) < 4.78 is 0. The minimum Gasteiger partial charge on any atom is -0.349 e. The minimum atomic E-state index is 0.889. The molecule has 1 aliphatic heterocycles. The minimum absolute atomic E-state index is 0.889. The van der Waals surface area contributed by atoms with Gasteiger partial charge in [0.05, 0.1) is 15.6 Å². The summed E-state index contributed by atoms with van der Waals surface area (Å²) in [7, 11) is 0. The number of thioether (sulfide) groups is 2. The number of nitrogens with one attached hydrogen (secondary N) is 1. The summed E-state index contributed by atoms with van der Waals surface area (Å²) in [6.45, 7) is 0. The van der Waals surface area contributed by atoms with Gasteiger partial charge in [-0.3, -0.25) is 0 Å². The fourth-order valence-corrected chi connectivity index (χ4v) is 7.27. The van der Waals surface area contributed by atoms with Gasteiger partial charge in [-0.2, -0.15) is 0 Å². The molecule has 5 heteroatoms. The summed E-state index contributed by atoms with van der Waals surface area (Å²) in [4.78, 5) is 2.56. The maximum Gasteiger partial charge on any atom is 0.142 e. The Kier molecular flexibility index (Phi) is 7.16. The molecule has 0 aromatic heterocycles. The van der Waals surface area contributed by atoms with Crippen molar-refractivity contribution in [2.24, 2.45) is 0 Å². The van der Waals surface area contributed by atoms with Gasteiger partial charge in [-0.1, -0.05) is 96.2 Å². The van der Waals surface area contributed by atoms with Crippen LogP contribution in [0.2, 0.25) is 0 Å². The Labute approximate surface area is 231 Å². The van der Waals surface area contributed by atoms with Crippen LogP contribution in [0.5, 0.6) is 0 Å². The monoisotopic (exact) mass is 539 g/mol. The fourth-order valence-electron chi connectivity index (χ4n) is 4.96. The predicted octanol–water partition coefficient (Wildman–Crippen LogP) is 9.18. The van der Waals surface area contributed by atoms with E-state index in [1.54, 1.807) is 11.8 Å². The first-order chi connectivity index (χ1) is 18.2. The van der Waals surface area contributed by atoms with Gasteiger partial charge in [-0.05, 0) is 64.8 Å². The van der Waals surface area contributed by atoms with Crippen molar-refractivity contribution in [1.29, 1.82) is 0 Å². The summed E-state index contributed by atoms with van der Waals surface area (Å²) in [5.74, 6) is 0.889. The molecule has 2 aliphatic rings. The molecule has 1 aliphatic carbocycles. The van der Waals surface area contributed by atoms with Crippen LogP contribution >= 0.6 is 35.1 Å². The summed E-state index contributed by atoms with van der Waals surface area (Å²) in [6, 6.07) is 25.7. The second-order valence-corrected chi connectivity index (χ2v) is 11.8. The predicted molar refractivity (Wildman–Crippen MR) is 163 cm³/mol. The first kappa shape index (κ1) is 24.4. The summed E-state index contributed by atoms with van der Waals surface area (Å²) in [5, 5.41) is 10.7. The van der Waals surface area contributed by atoms with Crippen molar-refractivity contribution >= 4 is 68.0 Å². The summed E-state index contributed by atoms with van der Waals surface area (Å²) >= 11 is 10.5. The lowest BCUT2D eigenvalue weighted by atomic mass is 9.94. The van der Waals surface area contributed by atoms with Crippen molar-refractivity contribution in [3.05, 3.63) is 118 Å². The largest absolute Gasteiger partial charge is 0.349 e. The van der Waals surface area contributed by atoms with E-state index in [9.17, 15) is 0 Å². The van der Waals surface area contributed by atoms with Gasteiger partial charge in [0.15, 0.2) is 0 Å². The second-order valence-electron chi connectivity index (χ2n) is 9.29. The number of benzene rings is 4. The molecule has 0 bridgehead atoms. The molecule has 37 heavy (non-hydrogen) atoms. The van der Waals surface area contributed by atoms with E-state index in [4.69, 9.17) is 11.6 Å². The van der Waals surface area contributed by atoms with Crippen LogP contribution in [0.25, 0.3) is 21.5 Å². The third kappa shape index (κ3) is 5.12. The average Bonchev–Trinajstić information content (AvgIpc) is 3.36. The molecule has 0 saturated carbocycles. The van der Waals surface area contributed by atoms with Crippen LogP contribution in [0.15, 0.2) is 128 Å². The zero-order valence-electron chi connectivity index (χ0n) is 20.5. The standard InChI is InChI=1S/C32H27ClN2S2/c33-30-23(11-6-20-36-31-25-12-3-1-7-21(25)14-17-27(31)34)9-5-10-24(30)16-19-29-35-28-18-15-22-8-2-4-13-26(22)32(28)37-29/h1-4,6-8,11-19,35H,5,9-10,20,34H2/p+1/b11-6+,24-16+,29-19-. The molecule has 0 atom stereocenters.